The number of para-hydroxylation sites is 1. The molecule has 0 amide bonds. The van der Waals surface area contributed by atoms with Crippen molar-refractivity contribution in [3.63, 3.8) is 0 Å². The summed E-state index contributed by atoms with van der Waals surface area (Å²) in [5.74, 6) is 2.28. The van der Waals surface area contributed by atoms with Gasteiger partial charge in [-0.1, -0.05) is 18.2 Å². The van der Waals surface area contributed by atoms with Gasteiger partial charge < -0.3 is 9.47 Å². The number of thioether (sulfide) groups is 1. The molecule has 0 radical (unpaired) electrons. The summed E-state index contributed by atoms with van der Waals surface area (Å²) in [6.45, 7) is 0. The number of methoxy groups -OCH3 is 2. The first-order chi connectivity index (χ1) is 9.78. The van der Waals surface area contributed by atoms with Crippen LogP contribution in [0.3, 0.4) is 0 Å². The number of rotatable bonds is 5. The van der Waals surface area contributed by atoms with Crippen LogP contribution < -0.4 is 9.47 Å². The van der Waals surface area contributed by atoms with Crippen molar-refractivity contribution in [3.8, 4) is 17.6 Å². The third-order valence-electron chi connectivity index (χ3n) is 2.85. The number of hydrogen-bond donors (Lipinski definition) is 0. The lowest BCUT2D eigenvalue weighted by molar-refractivity contribution is 0.405. The Morgan fingerprint density at radius 1 is 1.05 bits per heavy atom. The predicted octanol–water partition coefficient (Wildman–Crippen LogP) is 3.87. The van der Waals surface area contributed by atoms with Gasteiger partial charge in [0, 0.05) is 10.6 Å². The molecule has 0 saturated carbocycles. The van der Waals surface area contributed by atoms with Gasteiger partial charge in [0.1, 0.15) is 17.6 Å². The highest BCUT2D eigenvalue weighted by atomic mass is 32.2. The Morgan fingerprint density at radius 2 is 1.80 bits per heavy atom. The largest absolute Gasteiger partial charge is 0.496 e. The third-order valence-corrected chi connectivity index (χ3v) is 3.98. The first kappa shape index (κ1) is 14.3. The summed E-state index contributed by atoms with van der Waals surface area (Å²) in [7, 11) is 3.25. The fourth-order valence-corrected chi connectivity index (χ4v) is 2.79. The second-order valence-electron chi connectivity index (χ2n) is 4.09. The molecule has 102 valence electrons. The number of benzene rings is 2. The van der Waals surface area contributed by atoms with E-state index in [1.54, 1.807) is 32.0 Å². The fourth-order valence-electron chi connectivity index (χ4n) is 1.82. The van der Waals surface area contributed by atoms with Crippen molar-refractivity contribution >= 4 is 11.8 Å². The Bertz CT molecular complexity index is 635. The topological polar surface area (TPSA) is 42.2 Å². The Kier molecular flexibility index (Phi) is 4.91. The van der Waals surface area contributed by atoms with Crippen LogP contribution >= 0.6 is 11.8 Å². The summed E-state index contributed by atoms with van der Waals surface area (Å²) in [6, 6.07) is 15.7. The van der Waals surface area contributed by atoms with Crippen LogP contribution in [0.25, 0.3) is 0 Å². The van der Waals surface area contributed by atoms with E-state index in [1.807, 2.05) is 36.4 Å². The Labute approximate surface area is 123 Å². The summed E-state index contributed by atoms with van der Waals surface area (Å²) in [5.41, 5.74) is 1.66. The highest BCUT2D eigenvalue weighted by Gasteiger charge is 2.06. The van der Waals surface area contributed by atoms with Gasteiger partial charge in [0.05, 0.1) is 19.8 Å². The SMILES string of the molecule is COc1cc(CSc2ccccc2OC)ccc1C#N. The zero-order chi connectivity index (χ0) is 14.4. The van der Waals surface area contributed by atoms with Crippen LogP contribution in [0.15, 0.2) is 47.4 Å². The summed E-state index contributed by atoms with van der Waals surface area (Å²) in [4.78, 5) is 1.10. The van der Waals surface area contributed by atoms with Crippen molar-refractivity contribution in [3.05, 3.63) is 53.6 Å². The van der Waals surface area contributed by atoms with Crippen LogP contribution in [-0.4, -0.2) is 14.2 Å². The molecule has 3 nitrogen and oxygen atoms in total. The van der Waals surface area contributed by atoms with Crippen LogP contribution in [0.4, 0.5) is 0 Å². The van der Waals surface area contributed by atoms with Crippen molar-refractivity contribution in [2.75, 3.05) is 14.2 Å². The average Bonchev–Trinajstić information content (AvgIpc) is 2.52. The smallest absolute Gasteiger partial charge is 0.136 e. The maximum absolute atomic E-state index is 8.96. The third kappa shape index (κ3) is 3.25. The van der Waals surface area contributed by atoms with Crippen LogP contribution in [0.5, 0.6) is 11.5 Å². The molecular formula is C16H15NO2S. The molecule has 20 heavy (non-hydrogen) atoms. The Balaban J connectivity index is 2.13. The van der Waals surface area contributed by atoms with E-state index in [1.165, 1.54) is 0 Å². The molecule has 0 saturated heterocycles. The first-order valence-electron chi connectivity index (χ1n) is 6.11. The molecular weight excluding hydrogens is 270 g/mol. The molecule has 2 aromatic carbocycles. The van der Waals surface area contributed by atoms with Gasteiger partial charge in [-0.2, -0.15) is 5.26 Å². The molecule has 4 heteroatoms. The van der Waals surface area contributed by atoms with Crippen LogP contribution in [0.2, 0.25) is 0 Å². The van der Waals surface area contributed by atoms with Gasteiger partial charge in [0.25, 0.3) is 0 Å². The number of hydrogen-bond acceptors (Lipinski definition) is 4. The zero-order valence-corrected chi connectivity index (χ0v) is 12.2. The van der Waals surface area contributed by atoms with Crippen LogP contribution in [0.1, 0.15) is 11.1 Å². The molecule has 2 rings (SSSR count). The van der Waals surface area contributed by atoms with Gasteiger partial charge in [0.15, 0.2) is 0 Å². The van der Waals surface area contributed by atoms with Crippen molar-refractivity contribution in [1.29, 1.82) is 5.26 Å². The second kappa shape index (κ2) is 6.88. The fraction of sp³-hybridized carbons (Fsp3) is 0.188. The molecule has 0 spiro atoms. The number of ether oxygens (including phenoxy) is 2. The summed E-state index contributed by atoms with van der Waals surface area (Å²) in [5, 5.41) is 8.96. The Morgan fingerprint density at radius 3 is 2.50 bits per heavy atom. The highest BCUT2D eigenvalue weighted by molar-refractivity contribution is 7.98. The molecule has 0 heterocycles. The maximum atomic E-state index is 8.96. The highest BCUT2D eigenvalue weighted by Crippen LogP contribution is 2.32. The molecule has 0 aromatic heterocycles. The molecule has 0 N–H and O–H groups in total. The Hall–Kier alpha value is -2.12. The van der Waals surface area contributed by atoms with Crippen molar-refractivity contribution in [1.82, 2.24) is 0 Å². The van der Waals surface area contributed by atoms with Gasteiger partial charge >= 0.3 is 0 Å². The van der Waals surface area contributed by atoms with Gasteiger partial charge in [-0.3, -0.25) is 0 Å². The normalized spacial score (nSPS) is 9.85. The van der Waals surface area contributed by atoms with E-state index < -0.39 is 0 Å². The summed E-state index contributed by atoms with van der Waals surface area (Å²) < 4.78 is 10.5. The van der Waals surface area contributed by atoms with E-state index in [4.69, 9.17) is 14.7 Å². The molecule has 0 unspecified atom stereocenters. The molecule has 0 aliphatic heterocycles. The van der Waals surface area contributed by atoms with E-state index in [2.05, 4.69) is 6.07 Å². The first-order valence-corrected chi connectivity index (χ1v) is 7.10. The minimum absolute atomic E-state index is 0.554. The average molecular weight is 285 g/mol. The molecule has 0 atom stereocenters. The van der Waals surface area contributed by atoms with Crippen LogP contribution in [-0.2, 0) is 5.75 Å². The quantitative estimate of drug-likeness (QED) is 0.782. The zero-order valence-electron chi connectivity index (χ0n) is 11.4. The van der Waals surface area contributed by atoms with Crippen molar-refractivity contribution in [2.24, 2.45) is 0 Å². The van der Waals surface area contributed by atoms with Gasteiger partial charge in [0.2, 0.25) is 0 Å². The standard InChI is InChI=1S/C16H15NO2S/c1-18-14-5-3-4-6-16(14)20-11-12-7-8-13(10-17)15(9-12)19-2/h3-9H,11H2,1-2H3. The molecule has 0 bridgehead atoms. The number of nitriles is 1. The van der Waals surface area contributed by atoms with E-state index in [0.717, 1.165) is 22.0 Å². The minimum atomic E-state index is 0.554. The number of nitrogens with zero attached hydrogens (tertiary/aromatic N) is 1. The predicted molar refractivity (Wildman–Crippen MR) is 80.3 cm³/mol. The lowest BCUT2D eigenvalue weighted by Crippen LogP contribution is -1.91. The van der Waals surface area contributed by atoms with E-state index in [9.17, 15) is 0 Å². The minimum Gasteiger partial charge on any atom is -0.496 e. The molecule has 2 aromatic rings. The van der Waals surface area contributed by atoms with Crippen molar-refractivity contribution in [2.45, 2.75) is 10.6 Å². The summed E-state index contributed by atoms with van der Waals surface area (Å²) in [6.07, 6.45) is 0. The summed E-state index contributed by atoms with van der Waals surface area (Å²) >= 11 is 1.69. The van der Waals surface area contributed by atoms with E-state index in [0.29, 0.717) is 11.3 Å². The van der Waals surface area contributed by atoms with E-state index in [-0.39, 0.29) is 0 Å². The molecule has 0 fully saturated rings. The van der Waals surface area contributed by atoms with Gasteiger partial charge in [-0.25, -0.2) is 0 Å². The molecule has 0 aliphatic carbocycles. The lowest BCUT2D eigenvalue weighted by Gasteiger charge is -2.09. The monoisotopic (exact) mass is 285 g/mol. The second-order valence-corrected chi connectivity index (χ2v) is 5.10. The van der Waals surface area contributed by atoms with Crippen molar-refractivity contribution < 1.29 is 9.47 Å². The van der Waals surface area contributed by atoms with Crippen LogP contribution in [0, 0.1) is 11.3 Å². The van der Waals surface area contributed by atoms with Gasteiger partial charge in [-0.15, -0.1) is 11.8 Å². The van der Waals surface area contributed by atoms with Gasteiger partial charge in [-0.05, 0) is 29.8 Å². The van der Waals surface area contributed by atoms with E-state index >= 15 is 0 Å². The maximum Gasteiger partial charge on any atom is 0.136 e. The molecule has 0 aliphatic rings. The lowest BCUT2D eigenvalue weighted by atomic mass is 10.1.